The summed E-state index contributed by atoms with van der Waals surface area (Å²) in [4.78, 5) is 8.39. The number of aromatic nitrogens is 6. The first-order valence-electron chi connectivity index (χ1n) is 18.0. The van der Waals surface area contributed by atoms with Gasteiger partial charge in [-0.05, 0) is 99.9 Å². The van der Waals surface area contributed by atoms with Crippen molar-refractivity contribution >= 4 is 28.7 Å². The summed E-state index contributed by atoms with van der Waals surface area (Å²) >= 11 is 5.82. The van der Waals surface area contributed by atoms with Gasteiger partial charge in [0.1, 0.15) is 22.5 Å². The molecule has 2 saturated carbocycles. The highest BCUT2D eigenvalue weighted by Crippen LogP contribution is 2.30. The van der Waals surface area contributed by atoms with Crippen LogP contribution >= 0.6 is 11.6 Å². The molecule has 5 N–H and O–H groups in total. The molecule has 2 aromatic carbocycles. The number of hydrogen-bond acceptors (Lipinski definition) is 10. The molecule has 6 aromatic rings. The average molecular weight is 821 g/mol. The summed E-state index contributed by atoms with van der Waals surface area (Å²) in [6.07, 6.45) is 0.315. The zero-order chi connectivity index (χ0) is 40.7. The van der Waals surface area contributed by atoms with Crippen LogP contribution in [0.2, 0.25) is 5.15 Å². The van der Waals surface area contributed by atoms with E-state index in [0.29, 0.717) is 45.7 Å². The molecule has 0 atom stereocenters. The number of imidazole rings is 2. The minimum absolute atomic E-state index is 0.0604. The van der Waals surface area contributed by atoms with E-state index >= 15 is 0 Å². The Morgan fingerprint density at radius 2 is 1.12 bits per heavy atom. The number of hydrogen-bond donors (Lipinski definition) is 4. The predicted molar refractivity (Wildman–Crippen MR) is 200 cm³/mol. The van der Waals surface area contributed by atoms with Crippen molar-refractivity contribution in [2.24, 2.45) is 5.73 Å². The molecule has 0 unspecified atom stereocenters. The van der Waals surface area contributed by atoms with Gasteiger partial charge >= 0.3 is 12.7 Å². The molecule has 4 heterocycles. The molecule has 0 saturated heterocycles. The van der Waals surface area contributed by atoms with Crippen molar-refractivity contribution in [1.29, 1.82) is 0 Å². The first-order chi connectivity index (χ1) is 27.1. The predicted octanol–water partition coefficient (Wildman–Crippen LogP) is 8.21. The first kappa shape index (κ1) is 41.5. The van der Waals surface area contributed by atoms with Crippen molar-refractivity contribution < 1.29 is 46.0 Å². The maximum atomic E-state index is 12.5. The number of rotatable bonds is 6. The zero-order valence-corrected chi connectivity index (χ0v) is 30.9. The molecular formula is C38H39ClF6N8O4. The van der Waals surface area contributed by atoms with Crippen molar-refractivity contribution in [1.82, 2.24) is 29.2 Å². The van der Waals surface area contributed by atoms with Crippen LogP contribution in [0.15, 0.2) is 85.2 Å². The molecule has 2 aliphatic rings. The highest BCUT2D eigenvalue weighted by molar-refractivity contribution is 6.29. The van der Waals surface area contributed by atoms with Crippen molar-refractivity contribution in [3.63, 3.8) is 0 Å². The van der Waals surface area contributed by atoms with Crippen molar-refractivity contribution in [3.05, 3.63) is 90.3 Å². The summed E-state index contributed by atoms with van der Waals surface area (Å²) in [5.41, 5.74) is 8.78. The van der Waals surface area contributed by atoms with Gasteiger partial charge in [0.2, 0.25) is 0 Å². The van der Waals surface area contributed by atoms with Crippen LogP contribution in [0, 0.1) is 0 Å². The summed E-state index contributed by atoms with van der Waals surface area (Å²) in [7, 11) is 0. The molecule has 12 nitrogen and oxygen atoms in total. The Labute approximate surface area is 327 Å². The van der Waals surface area contributed by atoms with Crippen molar-refractivity contribution in [3.8, 4) is 34.0 Å². The fourth-order valence-electron chi connectivity index (χ4n) is 6.43. The number of aliphatic hydroxyl groups is 2. The summed E-state index contributed by atoms with van der Waals surface area (Å²) in [5, 5.41) is 30.8. The maximum Gasteiger partial charge on any atom is 0.573 e. The number of alkyl halides is 6. The smallest absolute Gasteiger partial charge is 0.406 e. The molecule has 19 heteroatoms. The first-order valence-corrected chi connectivity index (χ1v) is 18.4. The zero-order valence-electron chi connectivity index (χ0n) is 30.2. The standard InChI is InChI=1S/C19H19F3N4O2.C13H7ClF3N3O.C6H13NO/c20-19(21,22)28-15-3-1-2-12(10-15)16-11-23-18-9-8-17(25-26(16)18)24-13-4-6-14(27)7-5-13;14-11-4-5-12-18-7-10(20(12)19-11)8-2-1-3-9(6-8)21-13(15,16)17;7-5-1-3-6(8)4-2-5/h1-3,8-11,13-14,27H,4-7H2,(H,24,25);1-7H;5-6,8H,1-4,7H2. The van der Waals surface area contributed by atoms with Gasteiger partial charge in [-0.2, -0.15) is 5.10 Å². The quantitative estimate of drug-likeness (QED) is 0.121. The number of aliphatic hydroxyl groups excluding tert-OH is 2. The Kier molecular flexibility index (Phi) is 13.1. The lowest BCUT2D eigenvalue weighted by Crippen LogP contribution is -2.28. The van der Waals surface area contributed by atoms with E-state index in [1.807, 2.05) is 6.07 Å². The topological polar surface area (TPSA) is 157 Å². The molecule has 0 radical (unpaired) electrons. The number of ether oxygens (including phenoxy) is 2. The summed E-state index contributed by atoms with van der Waals surface area (Å²) < 4.78 is 85.2. The molecule has 0 spiro atoms. The third-order valence-electron chi connectivity index (χ3n) is 9.21. The van der Waals surface area contributed by atoms with Crippen LogP contribution in [-0.2, 0) is 0 Å². The maximum absolute atomic E-state index is 12.5. The highest BCUT2D eigenvalue weighted by Gasteiger charge is 2.32. The lowest BCUT2D eigenvalue weighted by molar-refractivity contribution is -0.275. The molecule has 0 amide bonds. The SMILES string of the molecule is FC(F)(F)Oc1cccc(-c2cnc3ccc(Cl)nn23)c1.NC1CCC(O)CC1.OC1CCC(Nc2ccc3ncc(-c4cccc(OC(F)(F)F)c4)n3n2)CC1. The summed E-state index contributed by atoms with van der Waals surface area (Å²) in [5.74, 6) is 0.0443. The lowest BCUT2D eigenvalue weighted by Gasteiger charge is -2.26. The second kappa shape index (κ2) is 18.0. The van der Waals surface area contributed by atoms with Crippen LogP contribution in [0.3, 0.4) is 0 Å². The monoisotopic (exact) mass is 820 g/mol. The lowest BCUT2D eigenvalue weighted by atomic mass is 9.93. The minimum Gasteiger partial charge on any atom is -0.406 e. The number of nitrogens with zero attached hydrogens (tertiary/aromatic N) is 6. The van der Waals surface area contributed by atoms with Gasteiger partial charge in [0, 0.05) is 23.2 Å². The third kappa shape index (κ3) is 11.9. The molecule has 304 valence electrons. The number of nitrogens with two attached hydrogens (primary N) is 1. The Morgan fingerprint density at radius 1 is 0.649 bits per heavy atom. The Hall–Kier alpha value is -5.17. The van der Waals surface area contributed by atoms with Crippen LogP contribution in [-0.4, -0.2) is 76.4 Å². The summed E-state index contributed by atoms with van der Waals surface area (Å²) in [6, 6.07) is 18.7. The fourth-order valence-corrected chi connectivity index (χ4v) is 6.57. The van der Waals surface area contributed by atoms with Crippen LogP contribution in [0.5, 0.6) is 11.5 Å². The van der Waals surface area contributed by atoms with Crippen molar-refractivity contribution in [2.45, 2.75) is 88.4 Å². The second-order valence-electron chi connectivity index (χ2n) is 13.6. The number of anilines is 1. The summed E-state index contributed by atoms with van der Waals surface area (Å²) in [6.45, 7) is 0. The second-order valence-corrected chi connectivity index (χ2v) is 14.0. The fraction of sp³-hybridized carbons (Fsp3) is 0.368. The van der Waals surface area contributed by atoms with Gasteiger partial charge in [-0.1, -0.05) is 35.9 Å². The van der Waals surface area contributed by atoms with E-state index in [4.69, 9.17) is 22.4 Å². The number of halogens is 7. The van der Waals surface area contributed by atoms with Gasteiger partial charge in [-0.3, -0.25) is 0 Å². The normalized spacial score (nSPS) is 19.9. The van der Waals surface area contributed by atoms with Crippen LogP contribution in [0.25, 0.3) is 33.8 Å². The van der Waals surface area contributed by atoms with E-state index in [9.17, 15) is 31.4 Å². The van der Waals surface area contributed by atoms with Gasteiger partial charge < -0.3 is 30.7 Å². The van der Waals surface area contributed by atoms with E-state index in [1.165, 1.54) is 47.1 Å². The van der Waals surface area contributed by atoms with Gasteiger partial charge in [-0.25, -0.2) is 19.0 Å². The molecule has 57 heavy (non-hydrogen) atoms. The average Bonchev–Trinajstić information content (AvgIpc) is 3.77. The molecule has 2 fully saturated rings. The Balaban J connectivity index is 0.000000166. The minimum atomic E-state index is -4.75. The van der Waals surface area contributed by atoms with E-state index in [2.05, 4.69) is 35.0 Å². The van der Waals surface area contributed by atoms with Crippen LogP contribution in [0.1, 0.15) is 51.4 Å². The van der Waals surface area contributed by atoms with E-state index < -0.39 is 12.7 Å². The highest BCUT2D eigenvalue weighted by atomic mass is 35.5. The Morgan fingerprint density at radius 3 is 1.61 bits per heavy atom. The molecule has 0 aliphatic heterocycles. The molecular weight excluding hydrogens is 782 g/mol. The number of fused-ring (bicyclic) bond motifs is 2. The van der Waals surface area contributed by atoms with Gasteiger partial charge in [0.25, 0.3) is 0 Å². The Bertz CT molecular complexity index is 2230. The van der Waals surface area contributed by atoms with Gasteiger partial charge in [0.15, 0.2) is 11.3 Å². The van der Waals surface area contributed by atoms with Crippen LogP contribution in [0.4, 0.5) is 32.2 Å². The van der Waals surface area contributed by atoms with E-state index in [-0.39, 0.29) is 34.9 Å². The van der Waals surface area contributed by atoms with Crippen LogP contribution < -0.4 is 20.5 Å². The molecule has 4 aromatic heterocycles. The number of nitrogens with one attached hydrogen (secondary N) is 1. The largest absolute Gasteiger partial charge is 0.573 e. The van der Waals surface area contributed by atoms with Crippen molar-refractivity contribution in [2.75, 3.05) is 5.32 Å². The van der Waals surface area contributed by atoms with Gasteiger partial charge in [0.05, 0.1) is 36.0 Å². The molecule has 2 aliphatic carbocycles. The van der Waals surface area contributed by atoms with E-state index in [0.717, 1.165) is 51.4 Å². The van der Waals surface area contributed by atoms with E-state index in [1.54, 1.807) is 41.0 Å². The molecule has 0 bridgehead atoms. The van der Waals surface area contributed by atoms with Gasteiger partial charge in [-0.15, -0.1) is 31.4 Å². The number of benzene rings is 2. The third-order valence-corrected chi connectivity index (χ3v) is 9.41. The molecule has 8 rings (SSSR count).